The van der Waals surface area contributed by atoms with Gasteiger partial charge in [-0.15, -0.1) is 0 Å². The number of carboxylic acids is 1. The molecule has 0 heterocycles. The molecule has 1 N–H and O–H groups in total. The Morgan fingerprint density at radius 3 is 2.63 bits per heavy atom. The Balaban J connectivity index is 2.57. The Bertz CT molecular complexity index is 445. The van der Waals surface area contributed by atoms with Gasteiger partial charge in [-0.2, -0.15) is 0 Å². The average molecular weight is 265 g/mol. The Morgan fingerprint density at radius 2 is 2.00 bits per heavy atom. The highest BCUT2D eigenvalue weighted by Crippen LogP contribution is 2.10. The predicted octanol–water partition coefficient (Wildman–Crippen LogP) is 1.42. The molecule has 1 aromatic carbocycles. The summed E-state index contributed by atoms with van der Waals surface area (Å²) in [6.07, 6.45) is 0.511. The van der Waals surface area contributed by atoms with Crippen LogP contribution >= 0.6 is 0 Å². The van der Waals surface area contributed by atoms with Gasteiger partial charge in [0.05, 0.1) is 5.56 Å². The molecule has 0 aliphatic heterocycles. The van der Waals surface area contributed by atoms with E-state index in [0.29, 0.717) is 19.6 Å². The fraction of sp³-hybridized carbons (Fsp3) is 0.429. The molecule has 0 aliphatic rings. The lowest BCUT2D eigenvalue weighted by atomic mass is 10.0. The third-order valence-electron chi connectivity index (χ3n) is 2.82. The van der Waals surface area contributed by atoms with Gasteiger partial charge in [-0.05, 0) is 25.0 Å². The van der Waals surface area contributed by atoms with E-state index in [1.807, 2.05) is 6.92 Å². The number of carboxylic acid groups (broad SMARTS) is 1. The van der Waals surface area contributed by atoms with Crippen LogP contribution in [0.1, 0.15) is 22.8 Å². The summed E-state index contributed by atoms with van der Waals surface area (Å²) in [7, 11) is 1.69. The van der Waals surface area contributed by atoms with Gasteiger partial charge in [0, 0.05) is 20.2 Å². The Labute approximate surface area is 112 Å². The standard InChI is InChI=1S/C14H19NO4/c1-3-19-10-13(16)15(2)9-8-11-6-4-5-7-12(11)14(17)18/h4-7H,3,8-10H2,1-2H3,(H,17,18). The van der Waals surface area contributed by atoms with Gasteiger partial charge in [0.25, 0.3) is 0 Å². The molecule has 0 aliphatic carbocycles. The van der Waals surface area contributed by atoms with E-state index in [-0.39, 0.29) is 18.1 Å². The zero-order valence-electron chi connectivity index (χ0n) is 11.3. The second-order valence-corrected chi connectivity index (χ2v) is 4.16. The SMILES string of the molecule is CCOCC(=O)N(C)CCc1ccccc1C(=O)O. The maximum absolute atomic E-state index is 11.6. The fourth-order valence-corrected chi connectivity index (χ4v) is 1.66. The molecule has 0 fully saturated rings. The van der Waals surface area contributed by atoms with Crippen molar-refractivity contribution < 1.29 is 19.4 Å². The van der Waals surface area contributed by atoms with E-state index >= 15 is 0 Å². The Hall–Kier alpha value is -1.88. The van der Waals surface area contributed by atoms with Crippen molar-refractivity contribution in [2.75, 3.05) is 26.8 Å². The normalized spacial score (nSPS) is 10.2. The van der Waals surface area contributed by atoms with Gasteiger partial charge < -0.3 is 14.7 Å². The first-order chi connectivity index (χ1) is 9.06. The highest BCUT2D eigenvalue weighted by Gasteiger charge is 2.12. The number of hydrogen-bond acceptors (Lipinski definition) is 3. The molecule has 0 atom stereocenters. The van der Waals surface area contributed by atoms with E-state index in [4.69, 9.17) is 9.84 Å². The van der Waals surface area contributed by atoms with E-state index in [1.54, 1.807) is 36.2 Å². The number of benzene rings is 1. The van der Waals surface area contributed by atoms with Crippen LogP contribution in [-0.4, -0.2) is 48.7 Å². The van der Waals surface area contributed by atoms with Crippen LogP contribution in [0.25, 0.3) is 0 Å². The van der Waals surface area contributed by atoms with E-state index in [1.165, 1.54) is 0 Å². The molecule has 0 spiro atoms. The molecular formula is C14H19NO4. The minimum Gasteiger partial charge on any atom is -0.478 e. The lowest BCUT2D eigenvalue weighted by molar-refractivity contribution is -0.134. The van der Waals surface area contributed by atoms with Crippen molar-refractivity contribution >= 4 is 11.9 Å². The number of carbonyl (C=O) groups is 2. The lowest BCUT2D eigenvalue weighted by Crippen LogP contribution is -2.32. The van der Waals surface area contributed by atoms with Gasteiger partial charge >= 0.3 is 5.97 Å². The summed E-state index contributed by atoms with van der Waals surface area (Å²) in [5.74, 6) is -1.05. The number of ether oxygens (including phenoxy) is 1. The summed E-state index contributed by atoms with van der Waals surface area (Å²) >= 11 is 0. The molecule has 0 unspecified atom stereocenters. The van der Waals surface area contributed by atoms with Gasteiger partial charge in [0.1, 0.15) is 6.61 Å². The van der Waals surface area contributed by atoms with E-state index in [9.17, 15) is 9.59 Å². The third kappa shape index (κ3) is 4.71. The van der Waals surface area contributed by atoms with E-state index in [2.05, 4.69) is 0 Å². The van der Waals surface area contributed by atoms with Crippen molar-refractivity contribution in [3.63, 3.8) is 0 Å². The smallest absolute Gasteiger partial charge is 0.335 e. The second-order valence-electron chi connectivity index (χ2n) is 4.16. The number of carbonyl (C=O) groups excluding carboxylic acids is 1. The summed E-state index contributed by atoms with van der Waals surface area (Å²) in [6.45, 7) is 2.86. The van der Waals surface area contributed by atoms with Gasteiger partial charge in [0.2, 0.25) is 5.91 Å². The molecule has 19 heavy (non-hydrogen) atoms. The van der Waals surface area contributed by atoms with Crippen molar-refractivity contribution in [2.24, 2.45) is 0 Å². The quantitative estimate of drug-likeness (QED) is 0.809. The Kier molecular flexibility index (Phi) is 6.02. The highest BCUT2D eigenvalue weighted by molar-refractivity contribution is 5.89. The number of amides is 1. The minimum absolute atomic E-state index is 0.0631. The van der Waals surface area contributed by atoms with Gasteiger partial charge in [0.15, 0.2) is 0 Å². The van der Waals surface area contributed by atoms with Crippen molar-refractivity contribution in [3.05, 3.63) is 35.4 Å². The molecule has 5 nitrogen and oxygen atoms in total. The van der Waals surface area contributed by atoms with E-state index < -0.39 is 5.97 Å². The van der Waals surface area contributed by atoms with Crippen LogP contribution in [0.2, 0.25) is 0 Å². The topological polar surface area (TPSA) is 66.8 Å². The molecule has 104 valence electrons. The zero-order chi connectivity index (χ0) is 14.3. The second kappa shape index (κ2) is 7.53. The van der Waals surface area contributed by atoms with Crippen molar-refractivity contribution in [1.29, 1.82) is 0 Å². The zero-order valence-corrected chi connectivity index (χ0v) is 11.3. The summed E-state index contributed by atoms with van der Waals surface area (Å²) in [4.78, 5) is 24.2. The number of likely N-dealkylation sites (N-methyl/N-ethyl adjacent to an activating group) is 1. The van der Waals surface area contributed by atoms with Gasteiger partial charge in [-0.1, -0.05) is 18.2 Å². The van der Waals surface area contributed by atoms with Crippen LogP contribution in [0.5, 0.6) is 0 Å². The van der Waals surface area contributed by atoms with Crippen molar-refractivity contribution in [3.8, 4) is 0 Å². The minimum atomic E-state index is -0.945. The lowest BCUT2D eigenvalue weighted by Gasteiger charge is -2.17. The first-order valence-electron chi connectivity index (χ1n) is 6.19. The van der Waals surface area contributed by atoms with Gasteiger partial charge in [-0.3, -0.25) is 4.79 Å². The number of aromatic carboxylic acids is 1. The summed E-state index contributed by atoms with van der Waals surface area (Å²) in [6, 6.07) is 6.82. The van der Waals surface area contributed by atoms with Crippen LogP contribution in [0.4, 0.5) is 0 Å². The molecule has 1 rings (SSSR count). The molecule has 5 heteroatoms. The monoisotopic (exact) mass is 265 g/mol. The maximum atomic E-state index is 11.6. The fourth-order valence-electron chi connectivity index (χ4n) is 1.66. The number of hydrogen-bond donors (Lipinski definition) is 1. The predicted molar refractivity (Wildman–Crippen MR) is 71.2 cm³/mol. The molecule has 1 amide bonds. The maximum Gasteiger partial charge on any atom is 0.335 e. The summed E-state index contributed by atoms with van der Waals surface area (Å²) < 4.78 is 5.05. The van der Waals surface area contributed by atoms with E-state index in [0.717, 1.165) is 5.56 Å². The average Bonchev–Trinajstić information content (AvgIpc) is 2.42. The highest BCUT2D eigenvalue weighted by atomic mass is 16.5. The molecule has 0 saturated carbocycles. The molecule has 0 aromatic heterocycles. The first-order valence-corrected chi connectivity index (χ1v) is 6.19. The van der Waals surface area contributed by atoms with Crippen LogP contribution in [0.3, 0.4) is 0 Å². The first kappa shape index (κ1) is 15.2. The van der Waals surface area contributed by atoms with Crippen molar-refractivity contribution in [2.45, 2.75) is 13.3 Å². The number of rotatable bonds is 7. The Morgan fingerprint density at radius 1 is 1.32 bits per heavy atom. The van der Waals surface area contributed by atoms with Crippen LogP contribution < -0.4 is 0 Å². The van der Waals surface area contributed by atoms with Crippen LogP contribution in [0.15, 0.2) is 24.3 Å². The molecule has 1 aromatic rings. The largest absolute Gasteiger partial charge is 0.478 e. The summed E-state index contributed by atoms with van der Waals surface area (Å²) in [5, 5.41) is 9.06. The van der Waals surface area contributed by atoms with Crippen LogP contribution in [0, 0.1) is 0 Å². The third-order valence-corrected chi connectivity index (χ3v) is 2.82. The molecular weight excluding hydrogens is 246 g/mol. The number of nitrogens with zero attached hydrogens (tertiary/aromatic N) is 1. The summed E-state index contributed by atoms with van der Waals surface area (Å²) in [5.41, 5.74) is 1.01. The molecule has 0 radical (unpaired) electrons. The molecule has 0 bridgehead atoms. The van der Waals surface area contributed by atoms with Gasteiger partial charge in [-0.25, -0.2) is 4.79 Å². The van der Waals surface area contributed by atoms with Crippen molar-refractivity contribution in [1.82, 2.24) is 4.90 Å². The van der Waals surface area contributed by atoms with Crippen LogP contribution in [-0.2, 0) is 16.0 Å². The molecule has 0 saturated heterocycles.